The molecule has 73 valence electrons. The van der Waals surface area contributed by atoms with Gasteiger partial charge in [-0.1, -0.05) is 20.3 Å². The Balaban J connectivity index is 3.42. The Hall–Kier alpha value is -0.120. The molecule has 3 nitrogen and oxygen atoms in total. The molecule has 1 N–H and O–H groups in total. The van der Waals surface area contributed by atoms with Gasteiger partial charge in [-0.05, 0) is 12.8 Å². The number of unbranched alkanes of at least 4 members (excludes halogenated alkanes) is 1. The predicted molar refractivity (Wildman–Crippen MR) is 47.4 cm³/mol. The van der Waals surface area contributed by atoms with Gasteiger partial charge < -0.3 is 14.6 Å². The zero-order valence-corrected chi connectivity index (χ0v) is 8.01. The summed E-state index contributed by atoms with van der Waals surface area (Å²) in [5.41, 5.74) is 0. The van der Waals surface area contributed by atoms with E-state index in [1.807, 2.05) is 6.92 Å². The Morgan fingerprint density at radius 3 is 2.25 bits per heavy atom. The van der Waals surface area contributed by atoms with E-state index >= 15 is 0 Å². The van der Waals surface area contributed by atoms with E-state index in [1.165, 1.54) is 0 Å². The van der Waals surface area contributed by atoms with Crippen molar-refractivity contribution in [1.29, 1.82) is 0 Å². The summed E-state index contributed by atoms with van der Waals surface area (Å²) >= 11 is 0. The van der Waals surface area contributed by atoms with Crippen molar-refractivity contribution in [2.45, 2.75) is 39.1 Å². The van der Waals surface area contributed by atoms with Crippen LogP contribution in [-0.2, 0) is 9.47 Å². The van der Waals surface area contributed by atoms with E-state index in [4.69, 9.17) is 9.47 Å². The molecule has 1 radical (unpaired) electrons. The maximum Gasteiger partial charge on any atom is 0.280 e. The van der Waals surface area contributed by atoms with Gasteiger partial charge in [0.05, 0.1) is 13.2 Å². The second kappa shape index (κ2) is 6.40. The van der Waals surface area contributed by atoms with Gasteiger partial charge in [0.15, 0.2) is 0 Å². The average molecular weight is 175 g/mol. The molecule has 12 heavy (non-hydrogen) atoms. The quantitative estimate of drug-likeness (QED) is 0.473. The Labute approximate surface area is 74.7 Å². The third kappa shape index (κ3) is 6.58. The SMILES string of the molecule is [CH2]C(O)(OCCC)OCCCC. The summed E-state index contributed by atoms with van der Waals surface area (Å²) in [5, 5.41) is 9.32. The summed E-state index contributed by atoms with van der Waals surface area (Å²) in [5.74, 6) is -1.65. The molecule has 0 heterocycles. The van der Waals surface area contributed by atoms with Crippen molar-refractivity contribution >= 4 is 0 Å². The summed E-state index contributed by atoms with van der Waals surface area (Å²) in [6, 6.07) is 0. The monoisotopic (exact) mass is 175 g/mol. The second-order valence-corrected chi connectivity index (χ2v) is 2.76. The number of ether oxygens (including phenoxy) is 2. The van der Waals surface area contributed by atoms with E-state index in [-0.39, 0.29) is 0 Å². The van der Waals surface area contributed by atoms with E-state index in [0.29, 0.717) is 13.2 Å². The Kier molecular flexibility index (Phi) is 6.34. The van der Waals surface area contributed by atoms with E-state index in [0.717, 1.165) is 19.3 Å². The first-order chi connectivity index (χ1) is 5.62. The minimum atomic E-state index is -1.65. The van der Waals surface area contributed by atoms with Crippen molar-refractivity contribution in [1.82, 2.24) is 0 Å². The average Bonchev–Trinajstić information content (AvgIpc) is 2.01. The third-order valence-electron chi connectivity index (χ3n) is 1.36. The lowest BCUT2D eigenvalue weighted by atomic mass is 10.4. The normalized spacial score (nSPS) is 16.0. The molecule has 0 saturated heterocycles. The highest BCUT2D eigenvalue weighted by molar-refractivity contribution is 4.55. The lowest BCUT2D eigenvalue weighted by Crippen LogP contribution is -2.33. The topological polar surface area (TPSA) is 38.7 Å². The van der Waals surface area contributed by atoms with Crippen LogP contribution in [0.2, 0.25) is 0 Å². The molecule has 0 aliphatic carbocycles. The molecule has 1 atom stereocenters. The van der Waals surface area contributed by atoms with Gasteiger partial charge in [-0.25, -0.2) is 0 Å². The lowest BCUT2D eigenvalue weighted by molar-refractivity contribution is -0.330. The lowest BCUT2D eigenvalue weighted by Gasteiger charge is -2.23. The van der Waals surface area contributed by atoms with Crippen LogP contribution in [0, 0.1) is 6.92 Å². The second-order valence-electron chi connectivity index (χ2n) is 2.76. The zero-order valence-electron chi connectivity index (χ0n) is 8.01. The van der Waals surface area contributed by atoms with Crippen molar-refractivity contribution < 1.29 is 14.6 Å². The fourth-order valence-electron chi connectivity index (χ4n) is 0.679. The molecular weight excluding hydrogens is 156 g/mol. The van der Waals surface area contributed by atoms with Gasteiger partial charge in [0, 0.05) is 6.92 Å². The van der Waals surface area contributed by atoms with Crippen LogP contribution in [0.5, 0.6) is 0 Å². The van der Waals surface area contributed by atoms with E-state index in [2.05, 4.69) is 13.8 Å². The fourth-order valence-corrected chi connectivity index (χ4v) is 0.679. The highest BCUT2D eigenvalue weighted by Crippen LogP contribution is 2.08. The summed E-state index contributed by atoms with van der Waals surface area (Å²) < 4.78 is 9.94. The summed E-state index contributed by atoms with van der Waals surface area (Å²) in [6.45, 7) is 8.36. The Morgan fingerprint density at radius 2 is 1.75 bits per heavy atom. The maximum absolute atomic E-state index is 9.32. The van der Waals surface area contributed by atoms with Crippen LogP contribution in [0.15, 0.2) is 0 Å². The molecule has 3 heteroatoms. The van der Waals surface area contributed by atoms with E-state index < -0.39 is 5.97 Å². The minimum Gasteiger partial charge on any atom is -0.343 e. The summed E-state index contributed by atoms with van der Waals surface area (Å²) in [6.07, 6.45) is 2.78. The number of hydrogen-bond acceptors (Lipinski definition) is 3. The highest BCUT2D eigenvalue weighted by atomic mass is 16.8. The van der Waals surface area contributed by atoms with Crippen molar-refractivity contribution in [2.75, 3.05) is 13.2 Å². The number of rotatable bonds is 7. The molecule has 0 aliphatic rings. The van der Waals surface area contributed by atoms with Gasteiger partial charge >= 0.3 is 0 Å². The first-order valence-corrected chi connectivity index (χ1v) is 4.48. The summed E-state index contributed by atoms with van der Waals surface area (Å²) in [7, 11) is 0. The molecule has 0 aromatic rings. The van der Waals surface area contributed by atoms with Gasteiger partial charge in [0.2, 0.25) is 0 Å². The molecule has 0 rings (SSSR count). The molecular formula is C9H19O3. The van der Waals surface area contributed by atoms with Crippen LogP contribution in [0.1, 0.15) is 33.1 Å². The van der Waals surface area contributed by atoms with Gasteiger partial charge in [0.25, 0.3) is 5.97 Å². The van der Waals surface area contributed by atoms with Gasteiger partial charge in [0.1, 0.15) is 0 Å². The van der Waals surface area contributed by atoms with Crippen molar-refractivity contribution in [3.05, 3.63) is 6.92 Å². The van der Waals surface area contributed by atoms with Crippen LogP contribution < -0.4 is 0 Å². The highest BCUT2D eigenvalue weighted by Gasteiger charge is 2.20. The number of aliphatic hydroxyl groups is 1. The summed E-state index contributed by atoms with van der Waals surface area (Å²) in [4.78, 5) is 0. The molecule has 0 spiro atoms. The molecule has 0 bridgehead atoms. The first kappa shape index (κ1) is 11.9. The van der Waals surface area contributed by atoms with Gasteiger partial charge in [-0.15, -0.1) is 0 Å². The fraction of sp³-hybridized carbons (Fsp3) is 0.889. The molecule has 0 aliphatic heterocycles. The van der Waals surface area contributed by atoms with Crippen molar-refractivity contribution in [3.63, 3.8) is 0 Å². The molecule has 0 saturated carbocycles. The van der Waals surface area contributed by atoms with Crippen LogP contribution in [0.4, 0.5) is 0 Å². The van der Waals surface area contributed by atoms with Gasteiger partial charge in [-0.3, -0.25) is 0 Å². The molecule has 0 amide bonds. The molecule has 0 fully saturated rings. The van der Waals surface area contributed by atoms with E-state index in [1.54, 1.807) is 0 Å². The van der Waals surface area contributed by atoms with Crippen molar-refractivity contribution in [2.24, 2.45) is 0 Å². The van der Waals surface area contributed by atoms with Crippen LogP contribution in [-0.4, -0.2) is 24.3 Å². The zero-order chi connectivity index (χ0) is 9.45. The molecule has 1 unspecified atom stereocenters. The largest absolute Gasteiger partial charge is 0.343 e. The van der Waals surface area contributed by atoms with Crippen LogP contribution in [0.25, 0.3) is 0 Å². The minimum absolute atomic E-state index is 0.464. The van der Waals surface area contributed by atoms with Crippen molar-refractivity contribution in [3.8, 4) is 0 Å². The maximum atomic E-state index is 9.32. The standard InChI is InChI=1S/C9H19O3/c1-4-6-8-12-9(3,10)11-7-5-2/h10H,3-8H2,1-2H3. The Morgan fingerprint density at radius 1 is 1.17 bits per heavy atom. The van der Waals surface area contributed by atoms with Crippen LogP contribution >= 0.6 is 0 Å². The number of hydrogen-bond donors (Lipinski definition) is 1. The molecule has 0 aromatic heterocycles. The first-order valence-electron chi connectivity index (χ1n) is 4.48. The Bertz CT molecular complexity index is 102. The predicted octanol–water partition coefficient (Wildman–Crippen LogP) is 1.71. The smallest absolute Gasteiger partial charge is 0.280 e. The molecule has 0 aromatic carbocycles. The van der Waals surface area contributed by atoms with E-state index in [9.17, 15) is 5.11 Å². The third-order valence-corrected chi connectivity index (χ3v) is 1.36. The van der Waals surface area contributed by atoms with Gasteiger partial charge in [-0.2, -0.15) is 0 Å². The van der Waals surface area contributed by atoms with Crippen LogP contribution in [0.3, 0.4) is 0 Å².